The van der Waals surface area contributed by atoms with E-state index in [0.29, 0.717) is 22.3 Å². The van der Waals surface area contributed by atoms with Crippen LogP contribution in [0.3, 0.4) is 0 Å². The van der Waals surface area contributed by atoms with Crippen LogP contribution < -0.4 is 10.7 Å². The Morgan fingerprint density at radius 1 is 0.848 bits per heavy atom. The van der Waals surface area contributed by atoms with Crippen LogP contribution in [0.5, 0.6) is 5.75 Å². The van der Waals surface area contributed by atoms with Crippen molar-refractivity contribution >= 4 is 34.0 Å². The number of aryl methyl sites for hydroxylation is 1. The average Bonchev–Trinajstić information content (AvgIpc) is 2.82. The molecule has 3 N–H and O–H groups in total. The second kappa shape index (κ2) is 9.36. The van der Waals surface area contributed by atoms with Crippen molar-refractivity contribution in [2.45, 2.75) is 13.8 Å². The number of rotatable bonds is 5. The van der Waals surface area contributed by atoms with Gasteiger partial charge in [0.15, 0.2) is 0 Å². The summed E-state index contributed by atoms with van der Waals surface area (Å²) in [6, 6.07) is 25.2. The number of amides is 2. The molecule has 0 spiro atoms. The van der Waals surface area contributed by atoms with Crippen LogP contribution >= 0.6 is 0 Å². The number of hydrazone groups is 1. The molecule has 2 amide bonds. The van der Waals surface area contributed by atoms with Crippen molar-refractivity contribution in [2.24, 2.45) is 5.10 Å². The van der Waals surface area contributed by atoms with Crippen LogP contribution in [-0.2, 0) is 0 Å². The Labute approximate surface area is 191 Å². The summed E-state index contributed by atoms with van der Waals surface area (Å²) in [5.41, 5.74) is 6.10. The third-order valence-electron chi connectivity index (χ3n) is 5.39. The smallest absolute Gasteiger partial charge is 0.275 e. The fourth-order valence-corrected chi connectivity index (χ4v) is 3.60. The van der Waals surface area contributed by atoms with Gasteiger partial charge in [0.25, 0.3) is 11.8 Å². The van der Waals surface area contributed by atoms with E-state index >= 15 is 0 Å². The molecule has 0 saturated carbocycles. The Hall–Kier alpha value is -4.45. The molecule has 6 nitrogen and oxygen atoms in total. The van der Waals surface area contributed by atoms with Crippen molar-refractivity contribution in [1.29, 1.82) is 0 Å². The van der Waals surface area contributed by atoms with E-state index in [1.807, 2.05) is 49.4 Å². The Balaban J connectivity index is 1.52. The molecule has 0 heterocycles. The van der Waals surface area contributed by atoms with Crippen LogP contribution in [0, 0.1) is 6.92 Å². The molecule has 6 heteroatoms. The molecule has 0 unspecified atom stereocenters. The van der Waals surface area contributed by atoms with Crippen LogP contribution in [0.2, 0.25) is 0 Å². The summed E-state index contributed by atoms with van der Waals surface area (Å²) >= 11 is 0. The molecule has 0 aromatic heterocycles. The zero-order valence-electron chi connectivity index (χ0n) is 18.3. The average molecular weight is 437 g/mol. The Morgan fingerprint density at radius 3 is 2.42 bits per heavy atom. The first-order valence-corrected chi connectivity index (χ1v) is 10.5. The summed E-state index contributed by atoms with van der Waals surface area (Å²) in [4.78, 5) is 25.4. The number of nitrogens with one attached hydrogen (secondary N) is 2. The summed E-state index contributed by atoms with van der Waals surface area (Å²) in [6.45, 7) is 3.64. The van der Waals surface area contributed by atoms with Gasteiger partial charge in [-0.2, -0.15) is 5.10 Å². The van der Waals surface area contributed by atoms with Crippen molar-refractivity contribution in [3.63, 3.8) is 0 Å². The van der Waals surface area contributed by atoms with E-state index in [-0.39, 0.29) is 17.2 Å². The molecule has 0 fully saturated rings. The second-order valence-corrected chi connectivity index (χ2v) is 7.67. The van der Waals surface area contributed by atoms with Crippen molar-refractivity contribution in [1.82, 2.24) is 5.43 Å². The fraction of sp³-hybridized carbons (Fsp3) is 0.0741. The number of benzene rings is 4. The molecule has 0 saturated heterocycles. The zero-order chi connectivity index (χ0) is 23.4. The molecule has 0 aliphatic heterocycles. The van der Waals surface area contributed by atoms with Gasteiger partial charge in [0, 0.05) is 11.3 Å². The van der Waals surface area contributed by atoms with Crippen molar-refractivity contribution in [3.8, 4) is 5.75 Å². The highest BCUT2D eigenvalue weighted by molar-refractivity contribution is 6.10. The number of carbonyl (C=O) groups is 2. The number of phenols is 1. The number of hydrogen-bond acceptors (Lipinski definition) is 4. The van der Waals surface area contributed by atoms with Gasteiger partial charge in [-0.3, -0.25) is 9.59 Å². The molecule has 0 atom stereocenters. The number of nitrogens with zero attached hydrogens (tertiary/aromatic N) is 1. The molecule has 0 aliphatic rings. The van der Waals surface area contributed by atoms with E-state index in [0.717, 1.165) is 16.5 Å². The first-order valence-electron chi connectivity index (χ1n) is 10.5. The SMILES string of the molecule is C/C(=N/NC(=O)c1c(O)ccc2ccccc12)c1cccc(NC(=O)c2ccccc2C)c1. The van der Waals surface area contributed by atoms with Gasteiger partial charge < -0.3 is 10.4 Å². The van der Waals surface area contributed by atoms with E-state index < -0.39 is 5.91 Å². The standard InChI is InChI=1S/C27H23N3O3/c1-17-8-3-5-12-22(17)26(32)28-21-11-7-10-20(16-21)18(2)29-30-27(33)25-23-13-6-4-9-19(23)14-15-24(25)31/h3-16,31H,1-2H3,(H,28,32)(H,30,33)/b29-18-. The number of hydrogen-bond donors (Lipinski definition) is 3. The van der Waals surface area contributed by atoms with E-state index in [4.69, 9.17) is 0 Å². The topological polar surface area (TPSA) is 90.8 Å². The molecular weight excluding hydrogens is 414 g/mol. The molecular formula is C27H23N3O3. The molecule has 4 aromatic carbocycles. The Morgan fingerprint density at radius 2 is 1.61 bits per heavy atom. The van der Waals surface area contributed by atoms with Crippen LogP contribution in [0.15, 0.2) is 90.0 Å². The van der Waals surface area contributed by atoms with Crippen LogP contribution in [0.1, 0.15) is 38.8 Å². The zero-order valence-corrected chi connectivity index (χ0v) is 18.3. The maximum absolute atomic E-state index is 12.8. The van der Waals surface area contributed by atoms with Crippen LogP contribution in [0.25, 0.3) is 10.8 Å². The highest BCUT2D eigenvalue weighted by atomic mass is 16.3. The minimum absolute atomic E-state index is 0.111. The van der Waals surface area contributed by atoms with Crippen molar-refractivity contribution in [2.75, 3.05) is 5.32 Å². The molecule has 0 radical (unpaired) electrons. The third-order valence-corrected chi connectivity index (χ3v) is 5.39. The lowest BCUT2D eigenvalue weighted by Crippen LogP contribution is -2.20. The van der Waals surface area contributed by atoms with Gasteiger partial charge in [-0.15, -0.1) is 0 Å². The fourth-order valence-electron chi connectivity index (χ4n) is 3.60. The molecule has 4 rings (SSSR count). The molecule has 0 aliphatic carbocycles. The Kier molecular flexibility index (Phi) is 6.17. The van der Waals surface area contributed by atoms with Gasteiger partial charge in [-0.25, -0.2) is 5.43 Å². The third kappa shape index (κ3) is 4.75. The minimum atomic E-state index is -0.507. The number of carbonyl (C=O) groups excluding carboxylic acids is 2. The summed E-state index contributed by atoms with van der Waals surface area (Å²) in [6.07, 6.45) is 0. The number of anilines is 1. The normalized spacial score (nSPS) is 11.3. The first kappa shape index (κ1) is 21.8. The van der Waals surface area contributed by atoms with Gasteiger partial charge in [-0.05, 0) is 60.0 Å². The van der Waals surface area contributed by atoms with Crippen molar-refractivity contribution in [3.05, 3.63) is 107 Å². The van der Waals surface area contributed by atoms with E-state index in [1.165, 1.54) is 6.07 Å². The van der Waals surface area contributed by atoms with Gasteiger partial charge in [0.05, 0.1) is 11.3 Å². The van der Waals surface area contributed by atoms with E-state index in [9.17, 15) is 14.7 Å². The lowest BCUT2D eigenvalue weighted by molar-refractivity contribution is 0.0953. The predicted molar refractivity (Wildman–Crippen MR) is 131 cm³/mol. The maximum Gasteiger partial charge on any atom is 0.275 e. The van der Waals surface area contributed by atoms with Crippen LogP contribution in [0.4, 0.5) is 5.69 Å². The van der Waals surface area contributed by atoms with Crippen molar-refractivity contribution < 1.29 is 14.7 Å². The van der Waals surface area contributed by atoms with Gasteiger partial charge in [0.2, 0.25) is 0 Å². The quantitative estimate of drug-likeness (QED) is 0.294. The van der Waals surface area contributed by atoms with Gasteiger partial charge in [-0.1, -0.05) is 60.7 Å². The number of phenolic OH excluding ortho intramolecular Hbond substituents is 1. The van der Waals surface area contributed by atoms with Crippen LogP contribution in [-0.4, -0.2) is 22.6 Å². The highest BCUT2D eigenvalue weighted by Crippen LogP contribution is 2.27. The summed E-state index contributed by atoms with van der Waals surface area (Å²) in [5.74, 6) is -0.813. The summed E-state index contributed by atoms with van der Waals surface area (Å²) in [7, 11) is 0. The lowest BCUT2D eigenvalue weighted by atomic mass is 10.0. The first-order chi connectivity index (χ1) is 15.9. The number of fused-ring (bicyclic) bond motifs is 1. The summed E-state index contributed by atoms with van der Waals surface area (Å²) in [5, 5.41) is 18.8. The van der Waals surface area contributed by atoms with E-state index in [2.05, 4.69) is 15.8 Å². The minimum Gasteiger partial charge on any atom is -0.507 e. The summed E-state index contributed by atoms with van der Waals surface area (Å²) < 4.78 is 0. The largest absolute Gasteiger partial charge is 0.507 e. The molecule has 4 aromatic rings. The highest BCUT2D eigenvalue weighted by Gasteiger charge is 2.15. The molecule has 33 heavy (non-hydrogen) atoms. The lowest BCUT2D eigenvalue weighted by Gasteiger charge is -2.10. The Bertz CT molecular complexity index is 1390. The van der Waals surface area contributed by atoms with Gasteiger partial charge >= 0.3 is 0 Å². The maximum atomic E-state index is 12.8. The van der Waals surface area contributed by atoms with Gasteiger partial charge in [0.1, 0.15) is 5.75 Å². The predicted octanol–water partition coefficient (Wildman–Crippen LogP) is 5.26. The molecule has 164 valence electrons. The number of aromatic hydroxyl groups is 1. The van der Waals surface area contributed by atoms with E-state index in [1.54, 1.807) is 43.3 Å². The second-order valence-electron chi connectivity index (χ2n) is 7.67. The molecule has 0 bridgehead atoms. The monoisotopic (exact) mass is 437 g/mol.